The number of hydrogen-bond donors (Lipinski definition) is 2. The third kappa shape index (κ3) is 4.38. The first kappa shape index (κ1) is 22.0. The van der Waals surface area contributed by atoms with Crippen molar-refractivity contribution in [3.05, 3.63) is 69.1 Å². The first-order valence-electron chi connectivity index (χ1n) is 10.1. The molecule has 3 heterocycles. The molecular weight excluding hydrogens is 442 g/mol. The van der Waals surface area contributed by atoms with E-state index in [1.165, 1.54) is 16.5 Å². The monoisotopic (exact) mass is 462 g/mol. The average Bonchev–Trinajstić information content (AvgIpc) is 2.74. The molecule has 4 rings (SSSR count). The summed E-state index contributed by atoms with van der Waals surface area (Å²) in [4.78, 5) is 30.6. The molecule has 0 spiro atoms. The Bertz CT molecular complexity index is 1240. The van der Waals surface area contributed by atoms with Gasteiger partial charge in [-0.25, -0.2) is 18.6 Å². The lowest BCUT2D eigenvalue weighted by Crippen LogP contribution is -2.40. The van der Waals surface area contributed by atoms with Crippen molar-refractivity contribution in [1.82, 2.24) is 9.38 Å². The van der Waals surface area contributed by atoms with Gasteiger partial charge >= 0.3 is 5.97 Å². The predicted octanol–water partition coefficient (Wildman–Crippen LogP) is 4.45. The summed E-state index contributed by atoms with van der Waals surface area (Å²) in [5, 5.41) is 12.9. The van der Waals surface area contributed by atoms with Crippen LogP contribution in [0.3, 0.4) is 0 Å². The van der Waals surface area contributed by atoms with E-state index in [-0.39, 0.29) is 37.1 Å². The van der Waals surface area contributed by atoms with Crippen molar-refractivity contribution < 1.29 is 18.7 Å². The van der Waals surface area contributed by atoms with Crippen LogP contribution in [0.2, 0.25) is 5.02 Å². The van der Waals surface area contributed by atoms with Gasteiger partial charge in [0.25, 0.3) is 11.5 Å². The SMILES string of the molecule is CC(Nc1ccc(Cl)cc1C(=O)O)c1cccn2c(=O)cc(N3CCC(F)(F)CC3)nc12. The summed E-state index contributed by atoms with van der Waals surface area (Å²) in [6.07, 6.45) is 1.00. The molecule has 2 aromatic heterocycles. The number of nitrogens with zero attached hydrogens (tertiary/aromatic N) is 3. The molecule has 10 heteroatoms. The maximum absolute atomic E-state index is 13.5. The summed E-state index contributed by atoms with van der Waals surface area (Å²) in [5.41, 5.74) is 1.09. The fraction of sp³-hybridized carbons (Fsp3) is 0.318. The standard InChI is InChI=1S/C22H21ClF2N4O3/c1-13(26-17-5-4-14(23)11-16(17)21(31)32)15-3-2-8-29-19(30)12-18(27-20(15)29)28-9-6-22(24,25)7-10-28/h2-5,8,11-13,26H,6-7,9-10H2,1H3,(H,31,32). The van der Waals surface area contributed by atoms with Gasteiger partial charge in [0, 0.05) is 54.5 Å². The number of carbonyl (C=O) groups is 1. The molecule has 0 bridgehead atoms. The van der Waals surface area contributed by atoms with Gasteiger partial charge in [-0.1, -0.05) is 17.7 Å². The zero-order chi connectivity index (χ0) is 23.0. The predicted molar refractivity (Wildman–Crippen MR) is 118 cm³/mol. The van der Waals surface area contributed by atoms with Gasteiger partial charge in [-0.15, -0.1) is 0 Å². The van der Waals surface area contributed by atoms with Crippen molar-refractivity contribution >= 4 is 34.7 Å². The van der Waals surface area contributed by atoms with Crippen LogP contribution in [-0.4, -0.2) is 39.5 Å². The maximum atomic E-state index is 13.5. The molecule has 1 aliphatic rings. The van der Waals surface area contributed by atoms with E-state index >= 15 is 0 Å². The molecule has 1 unspecified atom stereocenters. The fourth-order valence-electron chi connectivity index (χ4n) is 3.83. The van der Waals surface area contributed by atoms with E-state index in [4.69, 9.17) is 11.6 Å². The van der Waals surface area contributed by atoms with Crippen LogP contribution in [0.1, 0.15) is 41.7 Å². The number of carboxylic acids is 1. The van der Waals surface area contributed by atoms with Crippen molar-refractivity contribution in [2.75, 3.05) is 23.3 Å². The Hall–Kier alpha value is -3.20. The maximum Gasteiger partial charge on any atom is 0.337 e. The second kappa shape index (κ2) is 8.38. The number of fused-ring (bicyclic) bond motifs is 1. The lowest BCUT2D eigenvalue weighted by Gasteiger charge is -2.32. The van der Waals surface area contributed by atoms with Crippen LogP contribution >= 0.6 is 11.6 Å². The van der Waals surface area contributed by atoms with Crippen molar-refractivity contribution in [2.24, 2.45) is 0 Å². The van der Waals surface area contributed by atoms with Crippen molar-refractivity contribution in [3.8, 4) is 0 Å². The zero-order valence-corrected chi connectivity index (χ0v) is 17.9. The molecule has 1 atom stereocenters. The number of halogens is 3. The second-order valence-electron chi connectivity index (χ2n) is 7.81. The highest BCUT2D eigenvalue weighted by Gasteiger charge is 2.34. The molecule has 168 valence electrons. The summed E-state index contributed by atoms with van der Waals surface area (Å²) in [6.45, 7) is 2.03. The summed E-state index contributed by atoms with van der Waals surface area (Å²) in [5.74, 6) is -3.48. The van der Waals surface area contributed by atoms with E-state index < -0.39 is 17.9 Å². The number of rotatable bonds is 5. The van der Waals surface area contributed by atoms with Gasteiger partial charge in [0.15, 0.2) is 0 Å². The van der Waals surface area contributed by atoms with Gasteiger partial charge < -0.3 is 15.3 Å². The van der Waals surface area contributed by atoms with Gasteiger partial charge in [-0.05, 0) is 31.2 Å². The van der Waals surface area contributed by atoms with Crippen LogP contribution in [0.15, 0.2) is 47.4 Å². The van der Waals surface area contributed by atoms with Crippen LogP contribution in [0.5, 0.6) is 0 Å². The quantitative estimate of drug-likeness (QED) is 0.582. The van der Waals surface area contributed by atoms with Gasteiger partial charge in [0.2, 0.25) is 0 Å². The summed E-state index contributed by atoms with van der Waals surface area (Å²) < 4.78 is 28.5. The number of pyridine rings is 1. The molecular formula is C22H21ClF2N4O3. The van der Waals surface area contributed by atoms with Gasteiger partial charge in [-0.2, -0.15) is 0 Å². The lowest BCUT2D eigenvalue weighted by atomic mass is 10.1. The number of piperidine rings is 1. The molecule has 1 saturated heterocycles. The van der Waals surface area contributed by atoms with Crippen molar-refractivity contribution in [2.45, 2.75) is 31.7 Å². The summed E-state index contributed by atoms with van der Waals surface area (Å²) in [6, 6.07) is 8.92. The average molecular weight is 463 g/mol. The second-order valence-corrected chi connectivity index (χ2v) is 8.25. The highest BCUT2D eigenvalue weighted by molar-refractivity contribution is 6.31. The smallest absolute Gasteiger partial charge is 0.337 e. The third-order valence-electron chi connectivity index (χ3n) is 5.58. The Balaban J connectivity index is 1.71. The van der Waals surface area contributed by atoms with Crippen molar-refractivity contribution in [1.29, 1.82) is 0 Å². The molecule has 2 N–H and O–H groups in total. The first-order chi connectivity index (χ1) is 15.1. The topological polar surface area (TPSA) is 86.9 Å². The number of benzene rings is 1. The number of nitrogens with one attached hydrogen (secondary N) is 1. The number of hydrogen-bond acceptors (Lipinski definition) is 5. The van der Waals surface area contributed by atoms with Crippen LogP contribution in [0, 0.1) is 0 Å². The van der Waals surface area contributed by atoms with Crippen LogP contribution in [0.25, 0.3) is 5.65 Å². The van der Waals surface area contributed by atoms with Crippen LogP contribution in [0.4, 0.5) is 20.3 Å². The molecule has 1 fully saturated rings. The highest BCUT2D eigenvalue weighted by atomic mass is 35.5. The minimum atomic E-state index is -2.70. The van der Waals surface area contributed by atoms with Gasteiger partial charge in [0.1, 0.15) is 11.5 Å². The molecule has 3 aromatic rings. The third-order valence-corrected chi connectivity index (χ3v) is 5.81. The van der Waals surface area contributed by atoms with E-state index in [0.717, 1.165) is 0 Å². The van der Waals surface area contributed by atoms with E-state index in [2.05, 4.69) is 10.3 Å². The molecule has 0 radical (unpaired) electrons. The fourth-order valence-corrected chi connectivity index (χ4v) is 4.00. The molecule has 0 aliphatic carbocycles. The van der Waals surface area contributed by atoms with Crippen molar-refractivity contribution in [3.63, 3.8) is 0 Å². The minimum absolute atomic E-state index is 0.0182. The molecule has 1 aliphatic heterocycles. The van der Waals surface area contributed by atoms with Crippen LogP contribution < -0.4 is 15.8 Å². The number of aromatic carboxylic acids is 1. The molecule has 0 saturated carbocycles. The van der Waals surface area contributed by atoms with Gasteiger partial charge in [0.05, 0.1) is 11.6 Å². The number of aromatic nitrogens is 2. The first-order valence-corrected chi connectivity index (χ1v) is 10.5. The van der Waals surface area contributed by atoms with Gasteiger partial charge in [-0.3, -0.25) is 9.20 Å². The van der Waals surface area contributed by atoms with E-state index in [1.807, 2.05) is 6.92 Å². The Morgan fingerprint density at radius 3 is 2.66 bits per heavy atom. The summed E-state index contributed by atoms with van der Waals surface area (Å²) in [7, 11) is 0. The number of alkyl halides is 2. The Kier molecular flexibility index (Phi) is 5.77. The molecule has 0 amide bonds. The Morgan fingerprint density at radius 1 is 1.25 bits per heavy atom. The number of anilines is 2. The zero-order valence-electron chi connectivity index (χ0n) is 17.2. The minimum Gasteiger partial charge on any atom is -0.478 e. The molecule has 7 nitrogen and oxygen atoms in total. The highest BCUT2D eigenvalue weighted by Crippen LogP contribution is 2.31. The van der Waals surface area contributed by atoms with E-state index in [1.54, 1.807) is 35.4 Å². The van der Waals surface area contributed by atoms with Crippen LogP contribution in [-0.2, 0) is 0 Å². The normalized spacial score (nSPS) is 16.7. The molecule has 1 aromatic carbocycles. The Labute approximate surface area is 187 Å². The van der Waals surface area contributed by atoms with E-state index in [9.17, 15) is 23.5 Å². The lowest BCUT2D eigenvalue weighted by molar-refractivity contribution is -0.0221. The largest absolute Gasteiger partial charge is 0.478 e. The number of carboxylic acid groups (broad SMARTS) is 1. The van der Waals surface area contributed by atoms with E-state index in [0.29, 0.717) is 27.7 Å². The molecule has 32 heavy (non-hydrogen) atoms. The summed E-state index contributed by atoms with van der Waals surface area (Å²) >= 11 is 5.93. The Morgan fingerprint density at radius 2 is 1.97 bits per heavy atom.